The number of aryl methyl sites for hydroxylation is 1. The van der Waals surface area contributed by atoms with Gasteiger partial charge in [0, 0.05) is 12.1 Å². The van der Waals surface area contributed by atoms with Gasteiger partial charge in [-0.25, -0.2) is 8.42 Å². The Hall–Kier alpha value is -4.30. The molecule has 41 heavy (non-hydrogen) atoms. The number of benzene rings is 3. The zero-order chi connectivity index (χ0) is 30.8. The van der Waals surface area contributed by atoms with Crippen LogP contribution in [0, 0.1) is 6.92 Å². The SMILES string of the molecule is COc1cc(OC)c(C=O)c(OC)c1.COc1ccc(CS(=O)(=O)CC(=O)O)cc1OS(=O)(=O)c1ccc(C)cc1. The van der Waals surface area contributed by atoms with Gasteiger partial charge in [-0.05, 0) is 36.8 Å². The van der Waals surface area contributed by atoms with Crippen molar-refractivity contribution in [1.82, 2.24) is 0 Å². The average molecular weight is 611 g/mol. The number of aliphatic carboxylic acids is 1. The van der Waals surface area contributed by atoms with Crippen LogP contribution in [0.15, 0.2) is 59.5 Å². The molecule has 0 aliphatic carbocycles. The molecular weight excluding hydrogens is 580 g/mol. The Morgan fingerprint density at radius 2 is 1.34 bits per heavy atom. The summed E-state index contributed by atoms with van der Waals surface area (Å²) in [6.07, 6.45) is 0.692. The summed E-state index contributed by atoms with van der Waals surface area (Å²) in [5.74, 6) is -1.72. The number of sulfone groups is 1. The highest BCUT2D eigenvalue weighted by molar-refractivity contribution is 7.91. The van der Waals surface area contributed by atoms with Gasteiger partial charge in [-0.1, -0.05) is 23.8 Å². The zero-order valence-electron chi connectivity index (χ0n) is 22.9. The molecule has 0 radical (unpaired) electrons. The van der Waals surface area contributed by atoms with Crippen molar-refractivity contribution in [1.29, 1.82) is 0 Å². The first-order chi connectivity index (χ1) is 19.3. The van der Waals surface area contributed by atoms with Crippen LogP contribution in [0.4, 0.5) is 0 Å². The quantitative estimate of drug-likeness (QED) is 0.235. The van der Waals surface area contributed by atoms with Gasteiger partial charge in [0.05, 0.1) is 39.8 Å². The van der Waals surface area contributed by atoms with Crippen LogP contribution >= 0.6 is 0 Å². The summed E-state index contributed by atoms with van der Waals surface area (Å²) in [6, 6.07) is 13.2. The molecule has 0 aromatic heterocycles. The maximum Gasteiger partial charge on any atom is 0.339 e. The van der Waals surface area contributed by atoms with Crippen LogP contribution in [0.1, 0.15) is 21.5 Å². The largest absolute Gasteiger partial charge is 0.496 e. The van der Waals surface area contributed by atoms with Crippen molar-refractivity contribution < 1.29 is 54.7 Å². The van der Waals surface area contributed by atoms with Gasteiger partial charge in [-0.2, -0.15) is 8.42 Å². The Morgan fingerprint density at radius 3 is 1.80 bits per heavy atom. The van der Waals surface area contributed by atoms with Crippen molar-refractivity contribution in [2.75, 3.05) is 34.2 Å². The highest BCUT2D eigenvalue weighted by Gasteiger charge is 2.22. The van der Waals surface area contributed by atoms with E-state index in [0.29, 0.717) is 29.1 Å². The van der Waals surface area contributed by atoms with Crippen LogP contribution in [0.25, 0.3) is 0 Å². The first-order valence-corrected chi connectivity index (χ1v) is 14.9. The van der Waals surface area contributed by atoms with Crippen molar-refractivity contribution in [2.24, 2.45) is 0 Å². The van der Waals surface area contributed by atoms with Crippen LogP contribution in [-0.2, 0) is 30.5 Å². The fraction of sp³-hybridized carbons (Fsp3) is 0.259. The maximum absolute atomic E-state index is 12.4. The van der Waals surface area contributed by atoms with Crippen molar-refractivity contribution in [3.8, 4) is 28.7 Å². The lowest BCUT2D eigenvalue weighted by Crippen LogP contribution is -2.17. The number of carbonyl (C=O) groups is 2. The third kappa shape index (κ3) is 9.39. The zero-order valence-corrected chi connectivity index (χ0v) is 24.6. The number of hydrogen-bond acceptors (Lipinski definition) is 11. The van der Waals surface area contributed by atoms with E-state index in [1.165, 1.54) is 58.8 Å². The number of ether oxygens (including phenoxy) is 4. The van der Waals surface area contributed by atoms with Crippen molar-refractivity contribution in [3.63, 3.8) is 0 Å². The summed E-state index contributed by atoms with van der Waals surface area (Å²) >= 11 is 0. The third-order valence-corrected chi connectivity index (χ3v) is 8.05. The molecule has 0 amide bonds. The van der Waals surface area contributed by atoms with Crippen LogP contribution in [0.3, 0.4) is 0 Å². The Morgan fingerprint density at radius 1 is 0.780 bits per heavy atom. The molecule has 222 valence electrons. The second kappa shape index (κ2) is 14.4. The van der Waals surface area contributed by atoms with Gasteiger partial charge in [0.15, 0.2) is 27.6 Å². The first-order valence-electron chi connectivity index (χ1n) is 11.6. The minimum absolute atomic E-state index is 0.0703. The number of hydrogen-bond donors (Lipinski definition) is 1. The monoisotopic (exact) mass is 610 g/mol. The smallest absolute Gasteiger partial charge is 0.339 e. The molecule has 0 saturated heterocycles. The summed E-state index contributed by atoms with van der Waals surface area (Å²) in [6.45, 7) is 1.81. The van der Waals surface area contributed by atoms with Crippen molar-refractivity contribution >= 4 is 32.2 Å². The Kier molecular flexibility index (Phi) is 11.5. The summed E-state index contributed by atoms with van der Waals surface area (Å²) in [5.41, 5.74) is 1.43. The van der Waals surface area contributed by atoms with Crippen LogP contribution in [-0.4, -0.2) is 68.4 Å². The lowest BCUT2D eigenvalue weighted by molar-refractivity contribution is -0.134. The standard InChI is InChI=1S/C17H18O8S2.C10H12O4/c1-12-3-6-14(7-4-12)27(22,23)25-16-9-13(5-8-15(16)24-2)10-26(20,21)11-17(18)19;1-12-7-4-9(13-2)8(6-11)10(5-7)14-3/h3-9H,10-11H2,1-2H3,(H,18,19);4-6H,1-3H3. The van der Waals surface area contributed by atoms with Crippen LogP contribution in [0.5, 0.6) is 28.7 Å². The van der Waals surface area contributed by atoms with E-state index >= 15 is 0 Å². The molecule has 3 rings (SSSR count). The van der Waals surface area contributed by atoms with E-state index in [0.717, 1.165) is 5.56 Å². The summed E-state index contributed by atoms with van der Waals surface area (Å²) in [4.78, 5) is 21.3. The maximum atomic E-state index is 12.4. The lowest BCUT2D eigenvalue weighted by Gasteiger charge is -2.12. The molecule has 3 aromatic rings. The van der Waals surface area contributed by atoms with Gasteiger partial charge in [0.1, 0.15) is 27.9 Å². The van der Waals surface area contributed by atoms with Gasteiger partial charge in [-0.3, -0.25) is 9.59 Å². The number of methoxy groups -OCH3 is 4. The van der Waals surface area contributed by atoms with E-state index in [4.69, 9.17) is 28.2 Å². The van der Waals surface area contributed by atoms with Gasteiger partial charge >= 0.3 is 16.1 Å². The predicted molar refractivity (Wildman–Crippen MR) is 149 cm³/mol. The molecule has 1 N–H and O–H groups in total. The molecule has 0 bridgehead atoms. The number of carboxylic acid groups (broad SMARTS) is 1. The van der Waals surface area contributed by atoms with Crippen molar-refractivity contribution in [2.45, 2.75) is 17.6 Å². The second-order valence-corrected chi connectivity index (χ2v) is 11.9. The topological polar surface area (TPSA) is 169 Å². The molecule has 0 fully saturated rings. The number of carbonyl (C=O) groups excluding carboxylic acids is 1. The lowest BCUT2D eigenvalue weighted by atomic mass is 10.2. The summed E-state index contributed by atoms with van der Waals surface area (Å²) < 4.78 is 73.9. The molecule has 0 heterocycles. The molecule has 3 aromatic carbocycles. The van der Waals surface area contributed by atoms with Gasteiger partial charge in [0.2, 0.25) is 0 Å². The Bertz CT molecular complexity index is 1550. The first kappa shape index (κ1) is 32.9. The predicted octanol–water partition coefficient (Wildman–Crippen LogP) is 3.30. The van der Waals surface area contributed by atoms with Gasteiger partial charge < -0.3 is 28.2 Å². The molecule has 0 aliphatic heterocycles. The molecule has 0 atom stereocenters. The third-order valence-electron chi connectivity index (χ3n) is 5.34. The van der Waals surface area contributed by atoms with E-state index in [9.17, 15) is 26.4 Å². The number of carboxylic acids is 1. The minimum atomic E-state index is -4.17. The van der Waals surface area contributed by atoms with E-state index in [2.05, 4.69) is 0 Å². The van der Waals surface area contributed by atoms with Crippen LogP contribution in [0.2, 0.25) is 0 Å². The molecule has 0 unspecified atom stereocenters. The second-order valence-electron chi connectivity index (χ2n) is 8.33. The summed E-state index contributed by atoms with van der Waals surface area (Å²) in [7, 11) is -2.26. The highest BCUT2D eigenvalue weighted by atomic mass is 32.2. The molecular formula is C27H30O12S2. The van der Waals surface area contributed by atoms with Gasteiger partial charge in [0.25, 0.3) is 0 Å². The van der Waals surface area contributed by atoms with E-state index in [1.54, 1.807) is 31.2 Å². The highest BCUT2D eigenvalue weighted by Crippen LogP contribution is 2.33. The van der Waals surface area contributed by atoms with E-state index < -0.39 is 37.4 Å². The van der Waals surface area contributed by atoms with E-state index in [1.807, 2.05) is 0 Å². The molecule has 0 saturated carbocycles. The van der Waals surface area contributed by atoms with Gasteiger partial charge in [-0.15, -0.1) is 0 Å². The molecule has 12 nitrogen and oxygen atoms in total. The molecule has 0 aliphatic rings. The fourth-order valence-corrected chi connectivity index (χ4v) is 5.49. The van der Waals surface area contributed by atoms with E-state index in [-0.39, 0.29) is 22.0 Å². The van der Waals surface area contributed by atoms with Crippen molar-refractivity contribution in [3.05, 3.63) is 71.3 Å². The molecule has 14 heteroatoms. The normalized spacial score (nSPS) is 11.0. The Balaban J connectivity index is 0.000000353. The minimum Gasteiger partial charge on any atom is -0.496 e. The Labute approximate surface area is 238 Å². The number of aldehydes is 1. The fourth-order valence-electron chi connectivity index (χ4n) is 3.39. The molecule has 0 spiro atoms. The summed E-state index contributed by atoms with van der Waals surface area (Å²) in [5, 5.41) is 8.66. The number of rotatable bonds is 12. The van der Waals surface area contributed by atoms with Crippen LogP contribution < -0.4 is 23.1 Å². The average Bonchev–Trinajstić information content (AvgIpc) is 2.91.